The van der Waals surface area contributed by atoms with Gasteiger partial charge in [-0.05, 0) is 61.1 Å². The van der Waals surface area contributed by atoms with Crippen LogP contribution in [0.3, 0.4) is 0 Å². The second-order valence-electron chi connectivity index (χ2n) is 10.1. The molecule has 1 aliphatic carbocycles. The number of carbonyl (C=O) groups is 1. The van der Waals surface area contributed by atoms with E-state index >= 15 is 0 Å². The first-order chi connectivity index (χ1) is 18.2. The second kappa shape index (κ2) is 10.5. The lowest BCUT2D eigenvalue weighted by Gasteiger charge is -2.33. The standard InChI is InChI=1S/C29H32N4O4/c34-28(19-32-13-15-36-16-14-32)33-11-7-21(8-12-33)27-18-25(20-5-9-30-10-6-20)29(37-27)23-1-3-24-22(17-23)2-4-26(24)31-35/h1,3,5-6,9-10,17-18,21,35H,2,4,7-8,11-16,19H2/b31-26+. The topological polar surface area (TPSA) is 91.4 Å². The number of benzene rings is 1. The molecule has 2 aromatic heterocycles. The van der Waals surface area contributed by atoms with Crippen molar-refractivity contribution in [3.8, 4) is 22.5 Å². The van der Waals surface area contributed by atoms with E-state index < -0.39 is 0 Å². The number of rotatable bonds is 5. The van der Waals surface area contributed by atoms with Crippen molar-refractivity contribution in [2.24, 2.45) is 5.16 Å². The molecule has 3 aliphatic rings. The van der Waals surface area contributed by atoms with Crippen LogP contribution >= 0.6 is 0 Å². The summed E-state index contributed by atoms with van der Waals surface area (Å²) in [5.74, 6) is 2.30. The highest BCUT2D eigenvalue weighted by atomic mass is 16.5. The number of ether oxygens (including phenoxy) is 1. The molecule has 8 heteroatoms. The van der Waals surface area contributed by atoms with Gasteiger partial charge in [-0.15, -0.1) is 0 Å². The molecular formula is C29H32N4O4. The van der Waals surface area contributed by atoms with Crippen molar-refractivity contribution in [3.05, 3.63) is 65.7 Å². The summed E-state index contributed by atoms with van der Waals surface area (Å²) in [6.07, 6.45) is 6.99. The van der Waals surface area contributed by atoms with E-state index in [-0.39, 0.29) is 11.8 Å². The number of pyridine rings is 1. The number of hydrogen-bond acceptors (Lipinski definition) is 7. The number of carbonyl (C=O) groups excluding carboxylic acids is 1. The maximum atomic E-state index is 12.9. The van der Waals surface area contributed by atoms with Crippen molar-refractivity contribution in [2.75, 3.05) is 45.9 Å². The van der Waals surface area contributed by atoms with E-state index in [9.17, 15) is 10.0 Å². The summed E-state index contributed by atoms with van der Waals surface area (Å²) >= 11 is 0. The van der Waals surface area contributed by atoms with Crippen LogP contribution in [-0.4, -0.2) is 77.5 Å². The molecule has 4 heterocycles. The number of aryl methyl sites for hydroxylation is 1. The first kappa shape index (κ1) is 23.9. The van der Waals surface area contributed by atoms with Gasteiger partial charge in [0.15, 0.2) is 0 Å². The highest BCUT2D eigenvalue weighted by Crippen LogP contribution is 2.41. The number of amides is 1. The number of nitrogens with zero attached hydrogens (tertiary/aromatic N) is 4. The smallest absolute Gasteiger partial charge is 0.236 e. The zero-order valence-corrected chi connectivity index (χ0v) is 20.9. The minimum Gasteiger partial charge on any atom is -0.460 e. The summed E-state index contributed by atoms with van der Waals surface area (Å²) in [5, 5.41) is 12.8. The molecular weight excluding hydrogens is 468 g/mol. The highest BCUT2D eigenvalue weighted by molar-refractivity contribution is 6.04. The van der Waals surface area contributed by atoms with Gasteiger partial charge in [-0.2, -0.15) is 0 Å². The third kappa shape index (κ3) is 4.91. The van der Waals surface area contributed by atoms with Crippen molar-refractivity contribution in [1.82, 2.24) is 14.8 Å². The van der Waals surface area contributed by atoms with Crippen LogP contribution < -0.4 is 0 Å². The van der Waals surface area contributed by atoms with Crippen LogP contribution in [-0.2, 0) is 16.0 Å². The fraction of sp³-hybridized carbons (Fsp3) is 0.414. The van der Waals surface area contributed by atoms with Crippen LogP contribution in [0.15, 0.2) is 58.4 Å². The Hall–Kier alpha value is -3.49. The molecule has 3 aromatic rings. The maximum Gasteiger partial charge on any atom is 0.236 e. The zero-order valence-electron chi connectivity index (χ0n) is 20.9. The summed E-state index contributed by atoms with van der Waals surface area (Å²) in [4.78, 5) is 21.2. The Bertz CT molecular complexity index is 1290. The van der Waals surface area contributed by atoms with Crippen molar-refractivity contribution in [2.45, 2.75) is 31.6 Å². The SMILES string of the molecule is O=C(CN1CCOCC1)N1CCC(c2cc(-c3ccncc3)c(-c3ccc4c(c3)CC/C4=N\O)o2)CC1. The van der Waals surface area contributed by atoms with Crippen molar-refractivity contribution >= 4 is 11.6 Å². The predicted molar refractivity (Wildman–Crippen MR) is 140 cm³/mol. The summed E-state index contributed by atoms with van der Waals surface area (Å²) in [6, 6.07) is 12.4. The molecule has 2 saturated heterocycles. The highest BCUT2D eigenvalue weighted by Gasteiger charge is 2.29. The van der Waals surface area contributed by atoms with Crippen molar-refractivity contribution in [3.63, 3.8) is 0 Å². The van der Waals surface area contributed by atoms with E-state index in [0.29, 0.717) is 19.8 Å². The summed E-state index contributed by atoms with van der Waals surface area (Å²) < 4.78 is 12.0. The van der Waals surface area contributed by atoms with Crippen LogP contribution in [0.25, 0.3) is 22.5 Å². The Morgan fingerprint density at radius 3 is 2.51 bits per heavy atom. The van der Waals surface area contributed by atoms with Gasteiger partial charge in [0.1, 0.15) is 11.5 Å². The quantitative estimate of drug-likeness (QED) is 0.418. The van der Waals surface area contributed by atoms with Gasteiger partial charge < -0.3 is 19.3 Å². The number of oxime groups is 1. The zero-order chi connectivity index (χ0) is 25.2. The minimum absolute atomic E-state index is 0.210. The lowest BCUT2D eigenvalue weighted by atomic mass is 9.93. The van der Waals surface area contributed by atoms with Gasteiger partial charge in [-0.3, -0.25) is 14.7 Å². The number of fused-ring (bicyclic) bond motifs is 1. The van der Waals surface area contributed by atoms with Gasteiger partial charge in [0.25, 0.3) is 0 Å². The van der Waals surface area contributed by atoms with Gasteiger partial charge in [-0.25, -0.2) is 0 Å². The fourth-order valence-electron chi connectivity index (χ4n) is 5.75. The second-order valence-corrected chi connectivity index (χ2v) is 10.1. The Labute approximate surface area is 216 Å². The number of piperidine rings is 1. The van der Waals surface area contributed by atoms with Crippen LogP contribution in [0.1, 0.15) is 42.1 Å². The van der Waals surface area contributed by atoms with Gasteiger partial charge in [0, 0.05) is 61.2 Å². The number of morpholine rings is 1. The summed E-state index contributed by atoms with van der Waals surface area (Å²) in [6.45, 7) is 5.03. The number of hydrogen-bond donors (Lipinski definition) is 1. The molecule has 0 radical (unpaired) electrons. The third-order valence-electron chi connectivity index (χ3n) is 7.89. The molecule has 1 amide bonds. The molecule has 0 atom stereocenters. The van der Waals surface area contributed by atoms with Crippen molar-refractivity contribution < 1.29 is 19.2 Å². The van der Waals surface area contributed by atoms with Crippen LogP contribution in [0.2, 0.25) is 0 Å². The Morgan fingerprint density at radius 1 is 0.973 bits per heavy atom. The number of furan rings is 1. The molecule has 1 N–H and O–H groups in total. The Balaban J connectivity index is 1.22. The summed E-state index contributed by atoms with van der Waals surface area (Å²) in [5.41, 5.74) is 6.07. The van der Waals surface area contributed by atoms with E-state index in [1.54, 1.807) is 12.4 Å². The molecule has 8 nitrogen and oxygen atoms in total. The van der Waals surface area contributed by atoms with E-state index in [2.05, 4.69) is 33.2 Å². The largest absolute Gasteiger partial charge is 0.460 e. The van der Waals surface area contributed by atoms with Gasteiger partial charge in [0.2, 0.25) is 5.91 Å². The minimum atomic E-state index is 0.210. The first-order valence-electron chi connectivity index (χ1n) is 13.2. The average molecular weight is 501 g/mol. The van der Waals surface area contributed by atoms with Crippen LogP contribution in [0, 0.1) is 0 Å². The van der Waals surface area contributed by atoms with Crippen LogP contribution in [0.5, 0.6) is 0 Å². The molecule has 2 fully saturated rings. The molecule has 1 aromatic carbocycles. The third-order valence-corrected chi connectivity index (χ3v) is 7.89. The van der Waals surface area contributed by atoms with E-state index in [1.165, 1.54) is 5.56 Å². The lowest BCUT2D eigenvalue weighted by molar-refractivity contribution is -0.134. The van der Waals surface area contributed by atoms with Crippen LogP contribution in [0.4, 0.5) is 0 Å². The Morgan fingerprint density at radius 2 is 1.76 bits per heavy atom. The van der Waals surface area contributed by atoms with E-state index in [0.717, 1.165) is 91.3 Å². The maximum absolute atomic E-state index is 12.9. The molecule has 0 bridgehead atoms. The average Bonchev–Trinajstić information content (AvgIpc) is 3.58. The molecule has 0 saturated carbocycles. The van der Waals surface area contributed by atoms with Gasteiger partial charge in [-0.1, -0.05) is 17.3 Å². The molecule has 6 rings (SSSR count). The lowest BCUT2D eigenvalue weighted by Crippen LogP contribution is -2.46. The molecule has 0 unspecified atom stereocenters. The predicted octanol–water partition coefficient (Wildman–Crippen LogP) is 4.17. The molecule has 192 valence electrons. The van der Waals surface area contributed by atoms with Gasteiger partial charge in [0.05, 0.1) is 25.5 Å². The Kier molecular flexibility index (Phi) is 6.76. The summed E-state index contributed by atoms with van der Waals surface area (Å²) in [7, 11) is 0. The number of likely N-dealkylation sites (tertiary alicyclic amines) is 1. The van der Waals surface area contributed by atoms with E-state index in [1.807, 2.05) is 23.1 Å². The molecule has 0 spiro atoms. The monoisotopic (exact) mass is 500 g/mol. The fourth-order valence-corrected chi connectivity index (χ4v) is 5.75. The number of aromatic nitrogens is 1. The first-order valence-corrected chi connectivity index (χ1v) is 13.2. The molecule has 37 heavy (non-hydrogen) atoms. The van der Waals surface area contributed by atoms with E-state index in [4.69, 9.17) is 9.15 Å². The van der Waals surface area contributed by atoms with Crippen molar-refractivity contribution in [1.29, 1.82) is 0 Å². The molecule has 2 aliphatic heterocycles. The van der Waals surface area contributed by atoms with Gasteiger partial charge >= 0.3 is 0 Å². The normalized spacial score (nSPS) is 19.9.